The van der Waals surface area contributed by atoms with Crippen molar-refractivity contribution in [2.45, 2.75) is 6.42 Å². The third kappa shape index (κ3) is 4.13. The van der Waals surface area contributed by atoms with E-state index < -0.39 is 11.9 Å². The van der Waals surface area contributed by atoms with Gasteiger partial charge in [-0.05, 0) is 0 Å². The van der Waals surface area contributed by atoms with E-state index in [1.807, 2.05) is 0 Å². The number of ether oxygens (including phenoxy) is 2. The molecule has 0 radical (unpaired) electrons. The van der Waals surface area contributed by atoms with Gasteiger partial charge in [0.05, 0.1) is 0 Å². The fourth-order valence-corrected chi connectivity index (χ4v) is 0.531. The minimum Gasteiger partial charge on any atom is -0.462 e. The van der Waals surface area contributed by atoms with Crippen molar-refractivity contribution in [1.29, 1.82) is 0 Å². The zero-order valence-electron chi connectivity index (χ0n) is 6.17. The van der Waals surface area contributed by atoms with E-state index in [-0.39, 0.29) is 19.6 Å². The summed E-state index contributed by atoms with van der Waals surface area (Å²) in [4.78, 5) is 20.7. The molecule has 0 amide bonds. The summed E-state index contributed by atoms with van der Waals surface area (Å²) in [7, 11) is 0. The van der Waals surface area contributed by atoms with E-state index in [0.717, 1.165) is 0 Å². The second-order valence-corrected chi connectivity index (χ2v) is 1.62. The van der Waals surface area contributed by atoms with E-state index in [9.17, 15) is 9.59 Å². The highest BCUT2D eigenvalue weighted by Gasteiger charge is 2.15. The molecule has 0 aromatic rings. The summed E-state index contributed by atoms with van der Waals surface area (Å²) < 4.78 is 8.98. The predicted octanol–water partition coefficient (Wildman–Crippen LogP) is 0.279. The summed E-state index contributed by atoms with van der Waals surface area (Å²) in [5.41, 5.74) is 0. The van der Waals surface area contributed by atoms with Crippen LogP contribution in [0.2, 0.25) is 0 Å². The number of esters is 2. The lowest BCUT2D eigenvalue weighted by atomic mass is 10.4. The molecule has 1 rings (SSSR count). The average Bonchev–Trinajstić information content (AvgIpc) is 2.18. The van der Waals surface area contributed by atoms with Crippen LogP contribution in [-0.4, -0.2) is 25.2 Å². The first-order valence-electron chi connectivity index (χ1n) is 3.10. The van der Waals surface area contributed by atoms with Crippen molar-refractivity contribution in [2.75, 3.05) is 13.2 Å². The number of rotatable bonds is 0. The minimum atomic E-state index is -0.502. The van der Waals surface area contributed by atoms with Gasteiger partial charge in [-0.3, -0.25) is 9.59 Å². The molecule has 0 aromatic heterocycles. The summed E-state index contributed by atoms with van der Waals surface area (Å²) in [6.07, 6.45) is -0.250. The van der Waals surface area contributed by atoms with Gasteiger partial charge < -0.3 is 9.47 Å². The molecule has 0 bridgehead atoms. The molecule has 0 unspecified atom stereocenters. The van der Waals surface area contributed by atoms with Gasteiger partial charge in [0.2, 0.25) is 0 Å². The number of carbonyl (C=O) groups excluding carboxylic acids is 2. The van der Waals surface area contributed by atoms with Crippen molar-refractivity contribution < 1.29 is 19.1 Å². The van der Waals surface area contributed by atoms with Crippen LogP contribution in [0.5, 0.6) is 0 Å². The van der Waals surface area contributed by atoms with E-state index in [0.29, 0.717) is 0 Å². The molecule has 4 heteroatoms. The Hall–Kier alpha value is -1.32. The third-order valence-corrected chi connectivity index (χ3v) is 0.898. The Morgan fingerprint density at radius 2 is 1.36 bits per heavy atom. The van der Waals surface area contributed by atoms with Crippen LogP contribution in [-0.2, 0) is 19.1 Å². The van der Waals surface area contributed by atoms with Crippen molar-refractivity contribution in [3.05, 3.63) is 13.2 Å². The minimum absolute atomic E-state index is 0.185. The van der Waals surface area contributed by atoms with Crippen LogP contribution in [0.15, 0.2) is 13.2 Å². The largest absolute Gasteiger partial charge is 0.462 e. The van der Waals surface area contributed by atoms with Crippen molar-refractivity contribution >= 4 is 11.9 Å². The molecule has 0 aliphatic carbocycles. The fraction of sp³-hybridized carbons (Fsp3) is 0.429. The average molecular weight is 158 g/mol. The number of hydrogen-bond acceptors (Lipinski definition) is 4. The third-order valence-electron chi connectivity index (χ3n) is 0.898. The predicted molar refractivity (Wildman–Crippen MR) is 37.8 cm³/mol. The van der Waals surface area contributed by atoms with Gasteiger partial charge in [-0.15, -0.1) is 13.2 Å². The Balaban J connectivity index is 0.000000461. The first-order valence-corrected chi connectivity index (χ1v) is 3.10. The standard InChI is InChI=1S/C5H6O4.C2H4/c6-4-3-5(7)9-2-1-8-4;1-2/h1-3H2;1-2H2. The second-order valence-electron chi connectivity index (χ2n) is 1.62. The van der Waals surface area contributed by atoms with E-state index in [2.05, 4.69) is 22.6 Å². The van der Waals surface area contributed by atoms with Gasteiger partial charge in [0.1, 0.15) is 19.6 Å². The fourth-order valence-electron chi connectivity index (χ4n) is 0.531. The first-order chi connectivity index (χ1) is 5.29. The van der Waals surface area contributed by atoms with Crippen LogP contribution >= 0.6 is 0 Å². The lowest BCUT2D eigenvalue weighted by Gasteiger charge is -1.93. The van der Waals surface area contributed by atoms with Gasteiger partial charge in [0, 0.05) is 0 Å². The maximum absolute atomic E-state index is 10.4. The molecule has 11 heavy (non-hydrogen) atoms. The maximum Gasteiger partial charge on any atom is 0.317 e. The van der Waals surface area contributed by atoms with Gasteiger partial charge in [0.25, 0.3) is 0 Å². The number of cyclic esters (lactones) is 2. The SMILES string of the molecule is C=C.O=C1CC(=O)OCCO1. The molecular weight excluding hydrogens is 148 g/mol. The van der Waals surface area contributed by atoms with Crippen molar-refractivity contribution in [2.24, 2.45) is 0 Å². The zero-order valence-corrected chi connectivity index (χ0v) is 6.17. The van der Waals surface area contributed by atoms with Crippen LogP contribution in [0, 0.1) is 0 Å². The van der Waals surface area contributed by atoms with Crippen LogP contribution in [0.4, 0.5) is 0 Å². The maximum atomic E-state index is 10.4. The Morgan fingerprint density at radius 1 is 1.00 bits per heavy atom. The van der Waals surface area contributed by atoms with E-state index in [4.69, 9.17) is 0 Å². The Labute approximate surface area is 64.8 Å². The van der Waals surface area contributed by atoms with Gasteiger partial charge >= 0.3 is 11.9 Å². The highest BCUT2D eigenvalue weighted by atomic mass is 16.6. The van der Waals surface area contributed by atoms with Crippen LogP contribution in [0.3, 0.4) is 0 Å². The molecule has 62 valence electrons. The lowest BCUT2D eigenvalue weighted by Crippen LogP contribution is -2.06. The second kappa shape index (κ2) is 5.46. The summed E-state index contributed by atoms with van der Waals surface area (Å²) in [5.74, 6) is -1.00. The molecule has 1 aliphatic rings. The van der Waals surface area contributed by atoms with Crippen molar-refractivity contribution in [3.63, 3.8) is 0 Å². The molecule has 4 nitrogen and oxygen atoms in total. The lowest BCUT2D eigenvalue weighted by molar-refractivity contribution is -0.147. The molecule has 1 heterocycles. The molecule has 0 aromatic carbocycles. The molecule has 0 spiro atoms. The Kier molecular flexibility index (Phi) is 4.81. The molecule has 1 aliphatic heterocycles. The highest BCUT2D eigenvalue weighted by Crippen LogP contribution is 1.95. The monoisotopic (exact) mass is 158 g/mol. The zero-order chi connectivity index (χ0) is 8.69. The molecule has 1 saturated heterocycles. The van der Waals surface area contributed by atoms with Gasteiger partial charge in [-0.1, -0.05) is 0 Å². The van der Waals surface area contributed by atoms with Gasteiger partial charge in [-0.25, -0.2) is 0 Å². The molecular formula is C7H10O4. The summed E-state index contributed by atoms with van der Waals surface area (Å²) in [5, 5.41) is 0. The smallest absolute Gasteiger partial charge is 0.317 e. The summed E-state index contributed by atoms with van der Waals surface area (Å²) in [6, 6.07) is 0. The summed E-state index contributed by atoms with van der Waals surface area (Å²) in [6.45, 7) is 6.37. The van der Waals surface area contributed by atoms with Crippen molar-refractivity contribution in [3.8, 4) is 0 Å². The topological polar surface area (TPSA) is 52.6 Å². The first kappa shape index (κ1) is 9.68. The highest BCUT2D eigenvalue weighted by molar-refractivity contribution is 5.91. The van der Waals surface area contributed by atoms with Crippen molar-refractivity contribution in [1.82, 2.24) is 0 Å². The number of hydrogen-bond donors (Lipinski definition) is 0. The molecule has 0 N–H and O–H groups in total. The normalized spacial score (nSPS) is 16.7. The molecule has 0 atom stereocenters. The molecule has 0 saturated carbocycles. The van der Waals surface area contributed by atoms with E-state index in [1.165, 1.54) is 0 Å². The van der Waals surface area contributed by atoms with Crippen LogP contribution in [0.1, 0.15) is 6.42 Å². The Morgan fingerprint density at radius 3 is 1.73 bits per heavy atom. The van der Waals surface area contributed by atoms with E-state index in [1.54, 1.807) is 0 Å². The Bertz CT molecular complexity index is 137. The van der Waals surface area contributed by atoms with Crippen LogP contribution in [0.25, 0.3) is 0 Å². The van der Waals surface area contributed by atoms with Crippen LogP contribution < -0.4 is 0 Å². The van der Waals surface area contributed by atoms with Gasteiger partial charge in [0.15, 0.2) is 0 Å². The van der Waals surface area contributed by atoms with Gasteiger partial charge in [-0.2, -0.15) is 0 Å². The summed E-state index contributed by atoms with van der Waals surface area (Å²) >= 11 is 0. The quantitative estimate of drug-likeness (QED) is 0.288. The van der Waals surface area contributed by atoms with E-state index >= 15 is 0 Å². The number of carbonyl (C=O) groups is 2. The molecule has 1 fully saturated rings.